The summed E-state index contributed by atoms with van der Waals surface area (Å²) in [6.07, 6.45) is 14.0. The summed E-state index contributed by atoms with van der Waals surface area (Å²) in [4.78, 5) is 1.17. The lowest BCUT2D eigenvalue weighted by molar-refractivity contribution is 0.587. The van der Waals surface area contributed by atoms with Crippen LogP contribution in [0.1, 0.15) is 55.9 Å². The minimum atomic E-state index is 0.240. The molecule has 1 saturated carbocycles. The van der Waals surface area contributed by atoms with Crippen LogP contribution in [-0.2, 0) is 6.54 Å². The first-order chi connectivity index (χ1) is 13.1. The summed E-state index contributed by atoms with van der Waals surface area (Å²) in [6, 6.07) is 2.44. The molecule has 0 spiro atoms. The van der Waals surface area contributed by atoms with Gasteiger partial charge in [-0.15, -0.1) is 23.1 Å². The van der Waals surface area contributed by atoms with Crippen molar-refractivity contribution in [3.63, 3.8) is 0 Å². The quantitative estimate of drug-likeness (QED) is 0.599. The summed E-state index contributed by atoms with van der Waals surface area (Å²) in [5, 5.41) is 12.2. The second kappa shape index (κ2) is 9.76. The van der Waals surface area contributed by atoms with Gasteiger partial charge in [-0.05, 0) is 38.0 Å². The number of hydrogen-bond acceptors (Lipinski definition) is 5. The lowest BCUT2D eigenvalue weighted by atomic mass is 9.91. The van der Waals surface area contributed by atoms with Crippen LogP contribution in [0.2, 0.25) is 0 Å². The van der Waals surface area contributed by atoms with Crippen LogP contribution in [0.25, 0.3) is 0 Å². The van der Waals surface area contributed by atoms with Crippen LogP contribution in [0.3, 0.4) is 0 Å². The van der Waals surface area contributed by atoms with E-state index < -0.39 is 0 Å². The smallest absolute Gasteiger partial charge is 0.0692 e. The van der Waals surface area contributed by atoms with E-state index in [4.69, 9.17) is 11.1 Å². The van der Waals surface area contributed by atoms with Gasteiger partial charge in [-0.1, -0.05) is 49.6 Å². The zero-order chi connectivity index (χ0) is 19.2. The second-order valence-corrected chi connectivity index (χ2v) is 10.0. The van der Waals surface area contributed by atoms with Crippen LogP contribution >= 0.6 is 23.1 Å². The zero-order valence-electron chi connectivity index (χ0n) is 16.2. The Hall–Kier alpha value is -1.30. The second-order valence-electron chi connectivity index (χ2n) is 7.53. The zero-order valence-corrected chi connectivity index (χ0v) is 17.9. The van der Waals surface area contributed by atoms with Crippen molar-refractivity contribution < 1.29 is 0 Å². The SMILES string of the molecule is C1CC1.C=C(CC1CCSc2sc(CN)cc2C1=N)NC1C=CC(C)=CC1. The van der Waals surface area contributed by atoms with Gasteiger partial charge in [0.05, 0.1) is 4.21 Å². The van der Waals surface area contributed by atoms with Gasteiger partial charge in [0.1, 0.15) is 0 Å². The van der Waals surface area contributed by atoms with Gasteiger partial charge in [0.25, 0.3) is 0 Å². The van der Waals surface area contributed by atoms with E-state index in [1.165, 1.54) is 33.9 Å². The van der Waals surface area contributed by atoms with Gasteiger partial charge in [-0.25, -0.2) is 0 Å². The molecule has 1 aromatic heterocycles. The lowest BCUT2D eigenvalue weighted by Crippen LogP contribution is -2.29. The molecule has 2 aliphatic carbocycles. The van der Waals surface area contributed by atoms with Gasteiger partial charge in [0.2, 0.25) is 0 Å². The molecule has 1 aromatic rings. The van der Waals surface area contributed by atoms with Crippen LogP contribution in [0.4, 0.5) is 0 Å². The summed E-state index contributed by atoms with van der Waals surface area (Å²) >= 11 is 3.61. The number of thiophene rings is 1. The number of nitrogens with one attached hydrogen (secondary N) is 2. The Morgan fingerprint density at radius 1 is 1.37 bits per heavy atom. The van der Waals surface area contributed by atoms with Gasteiger partial charge in [-0.2, -0.15) is 0 Å². The third-order valence-electron chi connectivity index (χ3n) is 4.87. The fourth-order valence-corrected chi connectivity index (χ4v) is 5.63. The number of thioether (sulfide) groups is 1. The third kappa shape index (κ3) is 6.09. The molecule has 0 radical (unpaired) electrons. The first kappa shape index (κ1) is 20.4. The highest BCUT2D eigenvalue weighted by Gasteiger charge is 2.25. The number of hydrogen-bond donors (Lipinski definition) is 3. The van der Waals surface area contributed by atoms with Gasteiger partial charge < -0.3 is 16.5 Å². The van der Waals surface area contributed by atoms with E-state index in [2.05, 4.69) is 43.1 Å². The first-order valence-electron chi connectivity index (χ1n) is 9.90. The maximum Gasteiger partial charge on any atom is 0.0692 e. The third-order valence-corrected chi connectivity index (χ3v) is 7.35. The molecule has 0 bridgehead atoms. The Morgan fingerprint density at radius 2 is 2.15 bits per heavy atom. The molecule has 27 heavy (non-hydrogen) atoms. The van der Waals surface area contributed by atoms with Gasteiger partial charge in [0, 0.05) is 40.4 Å². The van der Waals surface area contributed by atoms with Crippen LogP contribution < -0.4 is 11.1 Å². The Kier molecular flexibility index (Phi) is 7.39. The Morgan fingerprint density at radius 3 is 2.78 bits per heavy atom. The number of fused-ring (bicyclic) bond motifs is 1. The largest absolute Gasteiger partial charge is 0.382 e. The molecule has 3 aliphatic rings. The normalized spacial score (nSPS) is 23.5. The van der Waals surface area contributed by atoms with Crippen molar-refractivity contribution in [1.29, 1.82) is 5.41 Å². The molecular formula is C22H31N3S2. The molecule has 146 valence electrons. The Labute approximate surface area is 171 Å². The minimum absolute atomic E-state index is 0.240. The van der Waals surface area contributed by atoms with E-state index >= 15 is 0 Å². The van der Waals surface area contributed by atoms with E-state index in [0.717, 1.165) is 42.0 Å². The lowest BCUT2D eigenvalue weighted by Gasteiger charge is -2.23. The van der Waals surface area contributed by atoms with Crippen LogP contribution in [-0.4, -0.2) is 17.5 Å². The number of allylic oxidation sites excluding steroid dienone is 3. The fraction of sp³-hybridized carbons (Fsp3) is 0.500. The standard InChI is InChI=1S/C19H25N3S2.C3H6/c1-12-3-5-15(6-4-12)22-13(2)9-14-7-8-23-19-17(18(14)21)10-16(11-20)24-19;1-2-3-1/h3-5,10,14-15,21-22H,2,6-9,11,20H2,1H3;1-3H2. The van der Waals surface area contributed by atoms with Crippen molar-refractivity contribution in [2.45, 2.75) is 62.2 Å². The van der Waals surface area contributed by atoms with Crippen LogP contribution in [0.15, 0.2) is 46.4 Å². The summed E-state index contributed by atoms with van der Waals surface area (Å²) in [5.41, 5.74) is 9.98. The molecule has 5 heteroatoms. The van der Waals surface area contributed by atoms with E-state index in [1.807, 2.05) is 11.8 Å². The molecule has 1 aliphatic heterocycles. The predicted octanol–water partition coefficient (Wildman–Crippen LogP) is 5.63. The van der Waals surface area contributed by atoms with Crippen molar-refractivity contribution >= 4 is 28.8 Å². The monoisotopic (exact) mass is 401 g/mol. The van der Waals surface area contributed by atoms with Gasteiger partial charge in [0.15, 0.2) is 0 Å². The van der Waals surface area contributed by atoms with Gasteiger partial charge in [-0.3, -0.25) is 0 Å². The molecule has 2 unspecified atom stereocenters. The highest BCUT2D eigenvalue weighted by atomic mass is 32.2. The molecule has 1 fully saturated rings. The molecule has 3 nitrogen and oxygen atoms in total. The molecule has 0 saturated heterocycles. The maximum absolute atomic E-state index is 8.66. The Balaban J connectivity index is 0.000000637. The van der Waals surface area contributed by atoms with E-state index in [9.17, 15) is 0 Å². The van der Waals surface area contributed by atoms with Crippen molar-refractivity contribution in [2.75, 3.05) is 5.75 Å². The van der Waals surface area contributed by atoms with Crippen LogP contribution in [0, 0.1) is 11.3 Å². The molecule has 0 aromatic carbocycles. The molecule has 4 N–H and O–H groups in total. The van der Waals surface area contributed by atoms with Crippen molar-refractivity contribution in [1.82, 2.24) is 5.32 Å². The molecule has 4 rings (SSSR count). The predicted molar refractivity (Wildman–Crippen MR) is 120 cm³/mol. The molecule has 2 heterocycles. The highest BCUT2D eigenvalue weighted by molar-refractivity contribution is 8.01. The van der Waals surface area contributed by atoms with Gasteiger partial charge >= 0.3 is 0 Å². The molecule has 2 atom stereocenters. The summed E-state index contributed by atoms with van der Waals surface area (Å²) in [7, 11) is 0. The molecule has 0 amide bonds. The maximum atomic E-state index is 8.66. The number of rotatable bonds is 5. The van der Waals surface area contributed by atoms with Crippen LogP contribution in [0.5, 0.6) is 0 Å². The average Bonchev–Trinajstić information content (AvgIpc) is 3.50. The Bertz CT molecular complexity index is 740. The van der Waals surface area contributed by atoms with Crippen molar-refractivity contribution in [3.8, 4) is 0 Å². The van der Waals surface area contributed by atoms with Crippen molar-refractivity contribution in [3.05, 3.63) is 52.6 Å². The average molecular weight is 402 g/mol. The first-order valence-corrected chi connectivity index (χ1v) is 11.7. The van der Waals surface area contributed by atoms with E-state index in [-0.39, 0.29) is 5.92 Å². The van der Waals surface area contributed by atoms with E-state index in [0.29, 0.717) is 12.6 Å². The molecular weight excluding hydrogens is 370 g/mol. The van der Waals surface area contributed by atoms with Crippen molar-refractivity contribution in [2.24, 2.45) is 11.7 Å². The van der Waals surface area contributed by atoms with E-state index in [1.54, 1.807) is 11.3 Å². The summed E-state index contributed by atoms with van der Waals surface area (Å²) < 4.78 is 1.26. The fourth-order valence-electron chi connectivity index (χ4n) is 3.13. The highest BCUT2D eigenvalue weighted by Crippen LogP contribution is 2.39. The number of nitrogens with two attached hydrogens (primary N) is 1. The summed E-state index contributed by atoms with van der Waals surface area (Å²) in [5.74, 6) is 1.30. The summed E-state index contributed by atoms with van der Waals surface area (Å²) in [6.45, 7) is 6.90. The topological polar surface area (TPSA) is 61.9 Å². The minimum Gasteiger partial charge on any atom is -0.382 e.